The molecule has 2 aromatic rings. The van der Waals surface area contributed by atoms with Crippen molar-refractivity contribution in [3.8, 4) is 11.6 Å². The quantitative estimate of drug-likeness (QED) is 0.655. The van der Waals surface area contributed by atoms with E-state index in [9.17, 15) is 9.59 Å². The molecule has 0 atom stereocenters. The number of carbonyl (C=O) groups is 2. The number of benzene rings is 1. The first-order valence-corrected chi connectivity index (χ1v) is 6.57. The molecule has 0 bridgehead atoms. The van der Waals surface area contributed by atoms with Crippen LogP contribution in [0.5, 0.6) is 11.6 Å². The summed E-state index contributed by atoms with van der Waals surface area (Å²) in [6.07, 6.45) is 0. The van der Waals surface area contributed by atoms with Crippen LogP contribution in [0.15, 0.2) is 18.2 Å². The molecule has 0 radical (unpaired) electrons. The van der Waals surface area contributed by atoms with E-state index in [1.165, 1.54) is 25.1 Å². The Morgan fingerprint density at radius 1 is 1.23 bits per heavy atom. The van der Waals surface area contributed by atoms with E-state index >= 15 is 0 Å². The molecule has 0 saturated heterocycles. The number of nitrogens with one attached hydrogen (secondary N) is 1. The Balaban J connectivity index is 2.07. The zero-order valence-corrected chi connectivity index (χ0v) is 12.6. The SMILES string of the molecule is CC(=O)OCOC(=O)c1[nH]nnc1Oc1ccc(Cl)c(Cl)c1. The minimum atomic E-state index is -0.846. The van der Waals surface area contributed by atoms with Crippen molar-refractivity contribution >= 4 is 35.1 Å². The number of hydrogen-bond donors (Lipinski definition) is 1. The molecule has 8 nitrogen and oxygen atoms in total. The molecule has 0 aliphatic rings. The van der Waals surface area contributed by atoms with E-state index in [0.29, 0.717) is 10.8 Å². The predicted molar refractivity (Wildman–Crippen MR) is 75.0 cm³/mol. The average molecular weight is 346 g/mol. The van der Waals surface area contributed by atoms with Crippen molar-refractivity contribution in [1.82, 2.24) is 15.4 Å². The number of aromatic nitrogens is 3. The van der Waals surface area contributed by atoms with Gasteiger partial charge in [-0.25, -0.2) is 9.89 Å². The fourth-order valence-corrected chi connectivity index (χ4v) is 1.60. The number of H-pyrrole nitrogens is 1. The fraction of sp³-hybridized carbons (Fsp3) is 0.167. The van der Waals surface area contributed by atoms with Crippen molar-refractivity contribution in [1.29, 1.82) is 0 Å². The number of esters is 2. The normalized spacial score (nSPS) is 10.1. The smallest absolute Gasteiger partial charge is 0.365 e. The Morgan fingerprint density at radius 3 is 2.68 bits per heavy atom. The monoisotopic (exact) mass is 345 g/mol. The Kier molecular flexibility index (Phi) is 5.18. The highest BCUT2D eigenvalue weighted by atomic mass is 35.5. The summed E-state index contributed by atoms with van der Waals surface area (Å²) in [5.41, 5.74) is -0.141. The Bertz CT molecular complexity index is 704. The summed E-state index contributed by atoms with van der Waals surface area (Å²) in [5.74, 6) is -1.24. The molecule has 0 unspecified atom stereocenters. The summed E-state index contributed by atoms with van der Waals surface area (Å²) in [5, 5.41) is 10.0. The fourth-order valence-electron chi connectivity index (χ4n) is 1.31. The van der Waals surface area contributed by atoms with E-state index in [1.807, 2.05) is 0 Å². The van der Waals surface area contributed by atoms with Crippen LogP contribution in [0.25, 0.3) is 0 Å². The predicted octanol–water partition coefficient (Wildman–Crippen LogP) is 2.58. The van der Waals surface area contributed by atoms with Crippen LogP contribution in [-0.2, 0) is 14.3 Å². The van der Waals surface area contributed by atoms with Crippen molar-refractivity contribution in [2.45, 2.75) is 6.92 Å². The third kappa shape index (κ3) is 4.09. The molecule has 10 heteroatoms. The minimum absolute atomic E-state index is 0.119. The van der Waals surface area contributed by atoms with Gasteiger partial charge in [-0.2, -0.15) is 0 Å². The number of ether oxygens (including phenoxy) is 3. The maximum Gasteiger partial charge on any atom is 0.365 e. The number of hydrogen-bond acceptors (Lipinski definition) is 7. The summed E-state index contributed by atoms with van der Waals surface area (Å²) in [7, 11) is 0. The van der Waals surface area contributed by atoms with Crippen molar-refractivity contribution in [3.63, 3.8) is 0 Å². The number of halogens is 2. The lowest BCUT2D eigenvalue weighted by molar-refractivity contribution is -0.149. The molecule has 1 N–H and O–H groups in total. The van der Waals surface area contributed by atoms with Crippen molar-refractivity contribution < 1.29 is 23.8 Å². The molecule has 0 spiro atoms. The first-order chi connectivity index (χ1) is 10.5. The molecular weight excluding hydrogens is 337 g/mol. The lowest BCUT2D eigenvalue weighted by Crippen LogP contribution is -2.12. The highest BCUT2D eigenvalue weighted by Crippen LogP contribution is 2.29. The van der Waals surface area contributed by atoms with Crippen LogP contribution in [0.4, 0.5) is 0 Å². The Labute approximate surface area is 134 Å². The number of rotatable bonds is 5. The van der Waals surface area contributed by atoms with Crippen molar-refractivity contribution in [2.75, 3.05) is 6.79 Å². The van der Waals surface area contributed by atoms with Gasteiger partial charge in [0.1, 0.15) is 5.75 Å². The van der Waals surface area contributed by atoms with E-state index in [4.69, 9.17) is 32.7 Å². The van der Waals surface area contributed by atoms with Crippen LogP contribution >= 0.6 is 23.2 Å². The molecule has 0 aliphatic carbocycles. The van der Waals surface area contributed by atoms with Gasteiger partial charge in [-0.15, -0.1) is 0 Å². The van der Waals surface area contributed by atoms with Gasteiger partial charge in [-0.05, 0) is 12.1 Å². The lowest BCUT2D eigenvalue weighted by atomic mass is 10.3. The second kappa shape index (κ2) is 7.10. The number of carbonyl (C=O) groups excluding carboxylic acids is 2. The number of aromatic amines is 1. The van der Waals surface area contributed by atoms with Gasteiger partial charge in [0.05, 0.1) is 10.0 Å². The lowest BCUT2D eigenvalue weighted by Gasteiger charge is -2.06. The van der Waals surface area contributed by atoms with E-state index in [1.54, 1.807) is 0 Å². The summed E-state index contributed by atoms with van der Waals surface area (Å²) >= 11 is 11.6. The van der Waals surface area contributed by atoms with Crippen molar-refractivity contribution in [2.24, 2.45) is 0 Å². The first-order valence-electron chi connectivity index (χ1n) is 5.82. The molecule has 0 amide bonds. The van der Waals surface area contributed by atoms with Crippen LogP contribution < -0.4 is 4.74 Å². The third-order valence-corrected chi connectivity index (χ3v) is 3.02. The molecule has 116 valence electrons. The highest BCUT2D eigenvalue weighted by Gasteiger charge is 2.20. The standard InChI is InChI=1S/C12H9Cl2N3O5/c1-6(18)20-5-21-12(19)10-11(16-17-15-10)22-7-2-3-8(13)9(14)4-7/h2-4H,5H2,1H3,(H,15,16,17). The van der Waals surface area contributed by atoms with E-state index in [2.05, 4.69) is 20.1 Å². The van der Waals surface area contributed by atoms with Gasteiger partial charge < -0.3 is 14.2 Å². The summed E-state index contributed by atoms with van der Waals surface area (Å²) in [6, 6.07) is 4.52. The van der Waals surface area contributed by atoms with Gasteiger partial charge in [0.15, 0.2) is 0 Å². The van der Waals surface area contributed by atoms with Gasteiger partial charge in [0, 0.05) is 13.0 Å². The second-order valence-electron chi connectivity index (χ2n) is 3.86. The summed E-state index contributed by atoms with van der Waals surface area (Å²) < 4.78 is 14.6. The molecule has 0 aliphatic heterocycles. The Morgan fingerprint density at radius 2 is 2.00 bits per heavy atom. The zero-order valence-electron chi connectivity index (χ0n) is 11.1. The molecule has 1 heterocycles. The molecule has 0 fully saturated rings. The van der Waals surface area contributed by atoms with Crippen LogP contribution in [0, 0.1) is 0 Å². The van der Waals surface area contributed by atoms with Crippen LogP contribution in [0.2, 0.25) is 10.0 Å². The van der Waals surface area contributed by atoms with Crippen molar-refractivity contribution in [3.05, 3.63) is 33.9 Å². The summed E-state index contributed by atoms with van der Waals surface area (Å²) in [6.45, 7) is 0.657. The third-order valence-electron chi connectivity index (χ3n) is 2.28. The average Bonchev–Trinajstić information content (AvgIpc) is 2.90. The maximum absolute atomic E-state index is 11.8. The second-order valence-corrected chi connectivity index (χ2v) is 4.67. The van der Waals surface area contributed by atoms with Crippen LogP contribution in [-0.4, -0.2) is 34.1 Å². The number of nitrogens with zero attached hydrogens (tertiary/aromatic N) is 2. The topological polar surface area (TPSA) is 103 Å². The van der Waals surface area contributed by atoms with Crippen LogP contribution in [0.1, 0.15) is 17.4 Å². The van der Waals surface area contributed by atoms with Gasteiger partial charge >= 0.3 is 11.9 Å². The van der Waals surface area contributed by atoms with E-state index in [0.717, 1.165) is 0 Å². The Hall–Kier alpha value is -2.32. The molecule has 1 aromatic carbocycles. The summed E-state index contributed by atoms with van der Waals surface area (Å²) in [4.78, 5) is 22.4. The van der Waals surface area contributed by atoms with E-state index in [-0.39, 0.29) is 16.6 Å². The van der Waals surface area contributed by atoms with E-state index < -0.39 is 18.7 Å². The highest BCUT2D eigenvalue weighted by molar-refractivity contribution is 6.42. The van der Waals surface area contributed by atoms with Gasteiger partial charge in [0.2, 0.25) is 12.5 Å². The largest absolute Gasteiger partial charge is 0.436 e. The minimum Gasteiger partial charge on any atom is -0.436 e. The molecular formula is C12H9Cl2N3O5. The maximum atomic E-state index is 11.8. The molecule has 1 aromatic heterocycles. The first kappa shape index (κ1) is 16.1. The van der Waals surface area contributed by atoms with Crippen LogP contribution in [0.3, 0.4) is 0 Å². The van der Waals surface area contributed by atoms with Gasteiger partial charge in [0.25, 0.3) is 5.88 Å². The molecule has 22 heavy (non-hydrogen) atoms. The zero-order chi connectivity index (χ0) is 16.1. The van der Waals surface area contributed by atoms with Gasteiger partial charge in [-0.1, -0.05) is 33.5 Å². The molecule has 0 saturated carbocycles. The molecule has 2 rings (SSSR count). The van der Waals surface area contributed by atoms with Gasteiger partial charge in [-0.3, -0.25) is 4.79 Å².